The fourth-order valence-corrected chi connectivity index (χ4v) is 4.27. The van der Waals surface area contributed by atoms with Crippen LogP contribution in [0.5, 0.6) is 5.75 Å². The normalized spacial score (nSPS) is 22.6. The molecular formula is C21H25N3O5. The molecule has 3 aliphatic rings. The number of rotatable bonds is 6. The van der Waals surface area contributed by atoms with Crippen molar-refractivity contribution in [3.63, 3.8) is 0 Å². The minimum absolute atomic E-state index is 0.106. The molecule has 2 saturated heterocycles. The SMILES string of the molecule is O=C1CCC(N2C(=O)c3ccc(OCCCC4CCNCC4)cc3C2=O)C(=O)N1. The van der Waals surface area contributed by atoms with Crippen LogP contribution in [0, 0.1) is 5.92 Å². The number of fused-ring (bicyclic) bond motifs is 1. The maximum absolute atomic E-state index is 12.8. The Kier molecular flexibility index (Phi) is 5.62. The van der Waals surface area contributed by atoms with Crippen molar-refractivity contribution >= 4 is 23.6 Å². The first-order valence-corrected chi connectivity index (χ1v) is 10.2. The lowest BCUT2D eigenvalue weighted by Crippen LogP contribution is -2.54. The zero-order valence-electron chi connectivity index (χ0n) is 16.2. The molecule has 8 nitrogen and oxygen atoms in total. The number of imide groups is 2. The Morgan fingerprint density at radius 2 is 1.76 bits per heavy atom. The monoisotopic (exact) mass is 399 g/mol. The smallest absolute Gasteiger partial charge is 0.262 e. The Labute approximate surface area is 169 Å². The molecule has 0 saturated carbocycles. The molecule has 0 spiro atoms. The summed E-state index contributed by atoms with van der Waals surface area (Å²) < 4.78 is 5.80. The number of carbonyl (C=O) groups is 4. The van der Waals surface area contributed by atoms with Gasteiger partial charge in [0.25, 0.3) is 11.8 Å². The lowest BCUT2D eigenvalue weighted by molar-refractivity contribution is -0.136. The number of nitrogens with zero attached hydrogens (tertiary/aromatic N) is 1. The van der Waals surface area contributed by atoms with Gasteiger partial charge in [0.2, 0.25) is 11.8 Å². The predicted octanol–water partition coefficient (Wildman–Crippen LogP) is 1.25. The van der Waals surface area contributed by atoms with Gasteiger partial charge in [0.05, 0.1) is 17.7 Å². The molecule has 154 valence electrons. The Balaban J connectivity index is 1.38. The largest absolute Gasteiger partial charge is 0.494 e. The molecule has 4 amide bonds. The van der Waals surface area contributed by atoms with E-state index in [9.17, 15) is 19.2 Å². The third-order valence-corrected chi connectivity index (χ3v) is 5.90. The van der Waals surface area contributed by atoms with Gasteiger partial charge in [-0.25, -0.2) is 0 Å². The molecule has 4 rings (SSSR count). The van der Waals surface area contributed by atoms with Crippen LogP contribution in [0.3, 0.4) is 0 Å². The van der Waals surface area contributed by atoms with Crippen molar-refractivity contribution in [2.24, 2.45) is 5.92 Å². The molecular weight excluding hydrogens is 374 g/mol. The Bertz CT molecular complexity index is 847. The topological polar surface area (TPSA) is 105 Å². The fraction of sp³-hybridized carbons (Fsp3) is 0.524. The second-order valence-corrected chi connectivity index (χ2v) is 7.84. The molecule has 0 aliphatic carbocycles. The van der Waals surface area contributed by atoms with Gasteiger partial charge in [0.1, 0.15) is 11.8 Å². The second kappa shape index (κ2) is 8.32. The first kappa shape index (κ1) is 19.6. The Morgan fingerprint density at radius 3 is 2.52 bits per heavy atom. The molecule has 0 bridgehead atoms. The minimum atomic E-state index is -0.950. The molecule has 0 aromatic heterocycles. The summed E-state index contributed by atoms with van der Waals surface area (Å²) in [4.78, 5) is 49.9. The zero-order valence-corrected chi connectivity index (χ0v) is 16.2. The van der Waals surface area contributed by atoms with Gasteiger partial charge >= 0.3 is 0 Å². The average molecular weight is 399 g/mol. The number of piperidine rings is 2. The van der Waals surface area contributed by atoms with Crippen molar-refractivity contribution in [2.75, 3.05) is 19.7 Å². The third kappa shape index (κ3) is 4.03. The highest BCUT2D eigenvalue weighted by molar-refractivity contribution is 6.23. The zero-order chi connectivity index (χ0) is 20.4. The number of hydrogen-bond acceptors (Lipinski definition) is 6. The van der Waals surface area contributed by atoms with Gasteiger partial charge in [-0.1, -0.05) is 0 Å². The predicted molar refractivity (Wildman–Crippen MR) is 103 cm³/mol. The van der Waals surface area contributed by atoms with Gasteiger partial charge in [-0.2, -0.15) is 0 Å². The van der Waals surface area contributed by atoms with E-state index in [4.69, 9.17) is 4.74 Å². The average Bonchev–Trinajstić information content (AvgIpc) is 2.96. The van der Waals surface area contributed by atoms with Crippen LogP contribution in [0.4, 0.5) is 0 Å². The van der Waals surface area contributed by atoms with E-state index in [0.29, 0.717) is 12.4 Å². The highest BCUT2D eigenvalue weighted by Crippen LogP contribution is 2.30. The van der Waals surface area contributed by atoms with E-state index in [1.165, 1.54) is 12.8 Å². The van der Waals surface area contributed by atoms with Gasteiger partial charge < -0.3 is 10.1 Å². The Hall–Kier alpha value is -2.74. The molecule has 1 aromatic carbocycles. The van der Waals surface area contributed by atoms with E-state index < -0.39 is 23.8 Å². The highest BCUT2D eigenvalue weighted by Gasteiger charge is 2.44. The minimum Gasteiger partial charge on any atom is -0.494 e. The van der Waals surface area contributed by atoms with Crippen molar-refractivity contribution in [3.8, 4) is 5.75 Å². The van der Waals surface area contributed by atoms with E-state index >= 15 is 0 Å². The number of ether oxygens (including phenoxy) is 1. The van der Waals surface area contributed by atoms with E-state index in [2.05, 4.69) is 10.6 Å². The van der Waals surface area contributed by atoms with E-state index in [0.717, 1.165) is 36.7 Å². The van der Waals surface area contributed by atoms with Crippen LogP contribution in [0.1, 0.15) is 59.2 Å². The highest BCUT2D eigenvalue weighted by atomic mass is 16.5. The summed E-state index contributed by atoms with van der Waals surface area (Å²) in [6.07, 6.45) is 4.72. The van der Waals surface area contributed by atoms with Gasteiger partial charge in [-0.3, -0.25) is 29.4 Å². The lowest BCUT2D eigenvalue weighted by Gasteiger charge is -2.27. The maximum atomic E-state index is 12.8. The molecule has 0 radical (unpaired) electrons. The van der Waals surface area contributed by atoms with Crippen molar-refractivity contribution in [2.45, 2.75) is 44.6 Å². The molecule has 2 N–H and O–H groups in total. The molecule has 1 unspecified atom stereocenters. The van der Waals surface area contributed by atoms with Crippen LogP contribution in [0.2, 0.25) is 0 Å². The number of hydrogen-bond donors (Lipinski definition) is 2. The summed E-state index contributed by atoms with van der Waals surface area (Å²) >= 11 is 0. The molecule has 29 heavy (non-hydrogen) atoms. The standard InChI is InChI=1S/C21H25N3O5/c25-18-6-5-17(19(26)23-18)24-20(27)15-4-3-14(12-16(15)21(24)28)29-11-1-2-13-7-9-22-10-8-13/h3-4,12-13,17,22H,1-2,5-11H2,(H,23,25,26). The summed E-state index contributed by atoms with van der Waals surface area (Å²) in [5, 5.41) is 5.55. The van der Waals surface area contributed by atoms with Crippen LogP contribution >= 0.6 is 0 Å². The first-order valence-electron chi connectivity index (χ1n) is 10.2. The van der Waals surface area contributed by atoms with Crippen molar-refractivity contribution in [1.82, 2.24) is 15.5 Å². The van der Waals surface area contributed by atoms with Crippen LogP contribution in [-0.2, 0) is 9.59 Å². The fourth-order valence-electron chi connectivity index (χ4n) is 4.27. The molecule has 1 aromatic rings. The molecule has 2 fully saturated rings. The molecule has 3 aliphatic heterocycles. The summed E-state index contributed by atoms with van der Waals surface area (Å²) in [5.41, 5.74) is 0.511. The number of benzene rings is 1. The second-order valence-electron chi connectivity index (χ2n) is 7.84. The number of carbonyl (C=O) groups excluding carboxylic acids is 4. The summed E-state index contributed by atoms with van der Waals surface area (Å²) in [6.45, 7) is 2.72. The van der Waals surface area contributed by atoms with Crippen LogP contribution in [0.25, 0.3) is 0 Å². The van der Waals surface area contributed by atoms with Crippen LogP contribution < -0.4 is 15.4 Å². The van der Waals surface area contributed by atoms with Crippen LogP contribution in [-0.4, -0.2) is 54.3 Å². The van der Waals surface area contributed by atoms with Gasteiger partial charge in [0.15, 0.2) is 0 Å². The van der Waals surface area contributed by atoms with E-state index in [1.807, 2.05) is 0 Å². The molecule has 8 heteroatoms. The quantitative estimate of drug-likeness (QED) is 0.551. The van der Waals surface area contributed by atoms with E-state index in [-0.39, 0.29) is 29.9 Å². The summed E-state index contributed by atoms with van der Waals surface area (Å²) in [5.74, 6) is -0.730. The van der Waals surface area contributed by atoms with Gasteiger partial charge in [-0.05, 0) is 69.3 Å². The molecule has 1 atom stereocenters. The maximum Gasteiger partial charge on any atom is 0.262 e. The van der Waals surface area contributed by atoms with Gasteiger partial charge in [-0.15, -0.1) is 0 Å². The summed E-state index contributed by atoms with van der Waals surface area (Å²) in [7, 11) is 0. The summed E-state index contributed by atoms with van der Waals surface area (Å²) in [6, 6.07) is 3.88. The van der Waals surface area contributed by atoms with Crippen molar-refractivity contribution in [3.05, 3.63) is 29.3 Å². The van der Waals surface area contributed by atoms with E-state index in [1.54, 1.807) is 18.2 Å². The first-order chi connectivity index (χ1) is 14.0. The van der Waals surface area contributed by atoms with Crippen LogP contribution in [0.15, 0.2) is 18.2 Å². The van der Waals surface area contributed by atoms with Crippen molar-refractivity contribution in [1.29, 1.82) is 0 Å². The Morgan fingerprint density at radius 1 is 1.00 bits per heavy atom. The third-order valence-electron chi connectivity index (χ3n) is 5.90. The lowest BCUT2D eigenvalue weighted by atomic mass is 9.93. The number of amides is 4. The van der Waals surface area contributed by atoms with Crippen molar-refractivity contribution < 1.29 is 23.9 Å². The van der Waals surface area contributed by atoms with Gasteiger partial charge in [0, 0.05) is 6.42 Å². The molecule has 3 heterocycles. The number of nitrogens with one attached hydrogen (secondary N) is 2.